The molecule has 1 aromatic heterocycles. The van der Waals surface area contributed by atoms with Crippen molar-refractivity contribution in [2.24, 2.45) is 0 Å². The highest BCUT2D eigenvalue weighted by Gasteiger charge is 2.14. The van der Waals surface area contributed by atoms with E-state index in [9.17, 15) is 0 Å². The van der Waals surface area contributed by atoms with E-state index < -0.39 is 0 Å². The van der Waals surface area contributed by atoms with E-state index >= 15 is 0 Å². The van der Waals surface area contributed by atoms with Gasteiger partial charge in [0, 0.05) is 17.3 Å². The van der Waals surface area contributed by atoms with E-state index in [4.69, 9.17) is 4.42 Å². The van der Waals surface area contributed by atoms with Gasteiger partial charge in [0.25, 0.3) is 0 Å². The van der Waals surface area contributed by atoms with Crippen molar-refractivity contribution in [1.29, 1.82) is 0 Å². The van der Waals surface area contributed by atoms with Crippen LogP contribution in [0.1, 0.15) is 25.7 Å². The summed E-state index contributed by atoms with van der Waals surface area (Å²) in [7, 11) is 0. The van der Waals surface area contributed by atoms with E-state index in [0.29, 0.717) is 6.04 Å². The molecule has 0 unspecified atom stereocenters. The van der Waals surface area contributed by atoms with Crippen LogP contribution in [-0.2, 0) is 0 Å². The maximum absolute atomic E-state index is 5.31. The molecule has 1 aromatic carbocycles. The summed E-state index contributed by atoms with van der Waals surface area (Å²) >= 11 is 0. The highest BCUT2D eigenvalue weighted by Crippen LogP contribution is 2.25. The van der Waals surface area contributed by atoms with Gasteiger partial charge in [-0.05, 0) is 25.0 Å². The third-order valence-corrected chi connectivity index (χ3v) is 3.31. The van der Waals surface area contributed by atoms with Crippen molar-refractivity contribution in [3.63, 3.8) is 0 Å². The lowest BCUT2D eigenvalue weighted by molar-refractivity contribution is 0.572. The molecule has 3 rings (SSSR count). The SMILES string of the molecule is c1cc(NC2CCCC2)cc(-c2cnco2)c1. The summed E-state index contributed by atoms with van der Waals surface area (Å²) in [6.45, 7) is 0. The predicted octanol–water partition coefficient (Wildman–Crippen LogP) is 3.70. The Balaban J connectivity index is 1.79. The molecule has 0 aliphatic heterocycles. The number of oxazole rings is 1. The summed E-state index contributed by atoms with van der Waals surface area (Å²) < 4.78 is 5.31. The van der Waals surface area contributed by atoms with E-state index in [1.807, 2.05) is 6.07 Å². The maximum Gasteiger partial charge on any atom is 0.181 e. The van der Waals surface area contributed by atoms with Crippen molar-refractivity contribution in [3.8, 4) is 11.3 Å². The van der Waals surface area contributed by atoms with E-state index in [2.05, 4.69) is 28.5 Å². The summed E-state index contributed by atoms with van der Waals surface area (Å²) in [5, 5.41) is 3.58. The molecule has 1 fully saturated rings. The molecule has 1 aliphatic carbocycles. The molecule has 3 nitrogen and oxygen atoms in total. The molecule has 88 valence electrons. The Kier molecular flexibility index (Phi) is 2.82. The molecule has 0 spiro atoms. The highest BCUT2D eigenvalue weighted by molar-refractivity contribution is 5.63. The number of rotatable bonds is 3. The molecule has 3 heteroatoms. The molecule has 17 heavy (non-hydrogen) atoms. The average molecular weight is 228 g/mol. The van der Waals surface area contributed by atoms with Crippen LogP contribution in [0.2, 0.25) is 0 Å². The van der Waals surface area contributed by atoms with Gasteiger partial charge in [-0.15, -0.1) is 0 Å². The van der Waals surface area contributed by atoms with Crippen LogP contribution in [0.25, 0.3) is 11.3 Å². The first-order valence-corrected chi connectivity index (χ1v) is 6.17. The molecule has 1 heterocycles. The zero-order valence-electron chi connectivity index (χ0n) is 9.73. The van der Waals surface area contributed by atoms with E-state index in [-0.39, 0.29) is 0 Å². The van der Waals surface area contributed by atoms with Gasteiger partial charge in [-0.1, -0.05) is 25.0 Å². The second-order valence-electron chi connectivity index (χ2n) is 4.57. The molecule has 1 aliphatic rings. The number of hydrogen-bond donors (Lipinski definition) is 1. The molecule has 0 saturated heterocycles. The topological polar surface area (TPSA) is 38.1 Å². The minimum absolute atomic E-state index is 0.639. The van der Waals surface area contributed by atoms with E-state index in [1.165, 1.54) is 37.8 Å². The van der Waals surface area contributed by atoms with Crippen molar-refractivity contribution in [2.75, 3.05) is 5.32 Å². The molecular weight excluding hydrogens is 212 g/mol. The lowest BCUT2D eigenvalue weighted by Crippen LogP contribution is -2.14. The molecular formula is C14H16N2O. The standard InChI is InChI=1S/C14H16N2O/c1-2-6-12(5-1)16-13-7-3-4-11(8-13)14-9-15-10-17-14/h3-4,7-10,12,16H,1-2,5-6H2. The smallest absolute Gasteiger partial charge is 0.181 e. The quantitative estimate of drug-likeness (QED) is 0.870. The molecule has 0 amide bonds. The third kappa shape index (κ3) is 2.33. The summed E-state index contributed by atoms with van der Waals surface area (Å²) in [5.41, 5.74) is 2.25. The van der Waals surface area contributed by atoms with Crippen LogP contribution in [-0.4, -0.2) is 11.0 Å². The van der Waals surface area contributed by atoms with Gasteiger partial charge >= 0.3 is 0 Å². The predicted molar refractivity (Wildman–Crippen MR) is 67.8 cm³/mol. The average Bonchev–Trinajstić information content (AvgIpc) is 3.01. The number of hydrogen-bond acceptors (Lipinski definition) is 3. The number of nitrogens with zero attached hydrogens (tertiary/aromatic N) is 1. The molecule has 0 bridgehead atoms. The van der Waals surface area contributed by atoms with Gasteiger partial charge < -0.3 is 9.73 Å². The number of benzene rings is 1. The Morgan fingerprint density at radius 1 is 1.24 bits per heavy atom. The lowest BCUT2D eigenvalue weighted by atomic mass is 10.1. The van der Waals surface area contributed by atoms with E-state index in [1.54, 1.807) is 6.20 Å². The highest BCUT2D eigenvalue weighted by atomic mass is 16.3. The van der Waals surface area contributed by atoms with Crippen molar-refractivity contribution >= 4 is 5.69 Å². The van der Waals surface area contributed by atoms with Crippen LogP contribution in [0.4, 0.5) is 5.69 Å². The van der Waals surface area contributed by atoms with Gasteiger partial charge in [0.1, 0.15) is 0 Å². The fourth-order valence-corrected chi connectivity index (χ4v) is 2.43. The first-order valence-electron chi connectivity index (χ1n) is 6.17. The minimum atomic E-state index is 0.639. The normalized spacial score (nSPS) is 16.2. The number of anilines is 1. The zero-order valence-corrected chi connectivity index (χ0v) is 9.73. The van der Waals surface area contributed by atoms with Crippen LogP contribution in [0, 0.1) is 0 Å². The number of nitrogens with one attached hydrogen (secondary N) is 1. The summed E-state index contributed by atoms with van der Waals surface area (Å²) in [6.07, 6.45) is 8.47. The first-order chi connectivity index (χ1) is 8.42. The Morgan fingerprint density at radius 3 is 2.88 bits per heavy atom. The fraction of sp³-hybridized carbons (Fsp3) is 0.357. The van der Waals surface area contributed by atoms with Gasteiger partial charge in [0.05, 0.1) is 6.20 Å². The molecule has 1 N–H and O–H groups in total. The van der Waals surface area contributed by atoms with Crippen LogP contribution in [0.15, 0.2) is 41.3 Å². The van der Waals surface area contributed by atoms with Crippen molar-refractivity contribution in [1.82, 2.24) is 4.98 Å². The lowest BCUT2D eigenvalue weighted by Gasteiger charge is -2.13. The van der Waals surface area contributed by atoms with Crippen LogP contribution in [0.5, 0.6) is 0 Å². The molecule has 1 saturated carbocycles. The van der Waals surface area contributed by atoms with E-state index in [0.717, 1.165) is 11.3 Å². The fourth-order valence-electron chi connectivity index (χ4n) is 2.43. The molecule has 0 radical (unpaired) electrons. The van der Waals surface area contributed by atoms with Gasteiger partial charge in [-0.2, -0.15) is 0 Å². The maximum atomic E-state index is 5.31. The number of aromatic nitrogens is 1. The minimum Gasteiger partial charge on any atom is -0.444 e. The monoisotopic (exact) mass is 228 g/mol. The molecule has 0 atom stereocenters. The Bertz CT molecular complexity index is 473. The largest absolute Gasteiger partial charge is 0.444 e. The van der Waals surface area contributed by atoms with Crippen LogP contribution < -0.4 is 5.32 Å². The first kappa shape index (κ1) is 10.4. The Hall–Kier alpha value is -1.77. The van der Waals surface area contributed by atoms with Crippen molar-refractivity contribution in [3.05, 3.63) is 36.9 Å². The third-order valence-electron chi connectivity index (χ3n) is 3.31. The second-order valence-corrected chi connectivity index (χ2v) is 4.57. The van der Waals surface area contributed by atoms with Gasteiger partial charge in [-0.25, -0.2) is 4.98 Å². The summed E-state index contributed by atoms with van der Waals surface area (Å²) in [6, 6.07) is 8.96. The second kappa shape index (κ2) is 4.62. The van der Waals surface area contributed by atoms with Crippen molar-refractivity contribution in [2.45, 2.75) is 31.7 Å². The van der Waals surface area contributed by atoms with Gasteiger partial charge in [0.2, 0.25) is 0 Å². The summed E-state index contributed by atoms with van der Waals surface area (Å²) in [4.78, 5) is 3.94. The Labute approximate surface area is 101 Å². The van der Waals surface area contributed by atoms with Crippen molar-refractivity contribution < 1.29 is 4.42 Å². The van der Waals surface area contributed by atoms with Gasteiger partial charge in [0.15, 0.2) is 12.2 Å². The van der Waals surface area contributed by atoms with Crippen LogP contribution >= 0.6 is 0 Å². The Morgan fingerprint density at radius 2 is 2.12 bits per heavy atom. The van der Waals surface area contributed by atoms with Crippen LogP contribution in [0.3, 0.4) is 0 Å². The van der Waals surface area contributed by atoms with Gasteiger partial charge in [-0.3, -0.25) is 0 Å². The molecule has 2 aromatic rings. The summed E-state index contributed by atoms with van der Waals surface area (Å²) in [5.74, 6) is 0.820. The zero-order chi connectivity index (χ0) is 11.5.